The molecular weight excluding hydrogens is 290 g/mol. The molecule has 126 valence electrons. The van der Waals surface area contributed by atoms with Crippen LogP contribution in [0.4, 0.5) is 0 Å². The number of carbonyl (C=O) groups excluding carboxylic acids is 1. The number of rotatable bonds is 4. The van der Waals surface area contributed by atoms with Gasteiger partial charge in [0.1, 0.15) is 0 Å². The second-order valence-electron chi connectivity index (χ2n) is 7.22. The van der Waals surface area contributed by atoms with Crippen LogP contribution in [0.5, 0.6) is 0 Å². The number of ether oxygens (including phenoxy) is 1. The molecule has 2 saturated heterocycles. The highest BCUT2D eigenvalue weighted by Crippen LogP contribution is 2.44. The zero-order valence-electron chi connectivity index (χ0n) is 14.1. The summed E-state index contributed by atoms with van der Waals surface area (Å²) in [5, 5.41) is 3.12. The molecule has 1 aromatic rings. The number of amides is 1. The van der Waals surface area contributed by atoms with Gasteiger partial charge in [-0.1, -0.05) is 0 Å². The molecule has 23 heavy (non-hydrogen) atoms. The van der Waals surface area contributed by atoms with Crippen LogP contribution >= 0.6 is 0 Å². The average Bonchev–Trinajstić information content (AvgIpc) is 2.86. The van der Waals surface area contributed by atoms with Gasteiger partial charge in [-0.05, 0) is 44.4 Å². The molecule has 3 rings (SSSR count). The minimum atomic E-state index is 0.0654. The van der Waals surface area contributed by atoms with Crippen molar-refractivity contribution in [3.8, 4) is 0 Å². The van der Waals surface area contributed by atoms with Crippen LogP contribution in [0.1, 0.15) is 32.3 Å². The van der Waals surface area contributed by atoms with Crippen LogP contribution in [0.2, 0.25) is 0 Å². The van der Waals surface area contributed by atoms with Gasteiger partial charge in [0.2, 0.25) is 5.91 Å². The highest BCUT2D eigenvalue weighted by molar-refractivity contribution is 5.80. The minimum Gasteiger partial charge on any atom is -0.381 e. The molecule has 0 aromatic carbocycles. The van der Waals surface area contributed by atoms with Crippen molar-refractivity contribution in [2.75, 3.05) is 26.3 Å². The van der Waals surface area contributed by atoms with Crippen molar-refractivity contribution in [1.82, 2.24) is 15.2 Å². The predicted molar refractivity (Wildman–Crippen MR) is 88.8 cm³/mol. The number of nitrogens with one attached hydrogen (secondary N) is 1. The van der Waals surface area contributed by atoms with E-state index in [-0.39, 0.29) is 23.3 Å². The number of likely N-dealkylation sites (tertiary alicyclic amines) is 1. The quantitative estimate of drug-likeness (QED) is 0.920. The van der Waals surface area contributed by atoms with Crippen LogP contribution in [0.25, 0.3) is 0 Å². The first kappa shape index (κ1) is 16.4. The number of nitrogens with zero attached hydrogens (tertiary/aromatic N) is 2. The van der Waals surface area contributed by atoms with Crippen molar-refractivity contribution in [3.63, 3.8) is 0 Å². The summed E-state index contributed by atoms with van der Waals surface area (Å²) in [5.74, 6) is 0.273. The van der Waals surface area contributed by atoms with Gasteiger partial charge in [0, 0.05) is 56.7 Å². The molecule has 0 saturated carbocycles. The van der Waals surface area contributed by atoms with Crippen molar-refractivity contribution < 1.29 is 9.53 Å². The van der Waals surface area contributed by atoms with Gasteiger partial charge in [-0.3, -0.25) is 14.7 Å². The van der Waals surface area contributed by atoms with E-state index in [1.54, 1.807) is 0 Å². The Morgan fingerprint density at radius 3 is 2.74 bits per heavy atom. The number of aromatic nitrogens is 1. The largest absolute Gasteiger partial charge is 0.381 e. The molecule has 1 unspecified atom stereocenters. The van der Waals surface area contributed by atoms with Crippen molar-refractivity contribution >= 4 is 5.91 Å². The molecule has 0 radical (unpaired) electrons. The van der Waals surface area contributed by atoms with E-state index < -0.39 is 0 Å². The molecule has 5 heteroatoms. The van der Waals surface area contributed by atoms with Gasteiger partial charge in [0.05, 0.1) is 5.92 Å². The Labute approximate surface area is 138 Å². The molecule has 0 aliphatic carbocycles. The average molecular weight is 317 g/mol. The van der Waals surface area contributed by atoms with E-state index in [0.29, 0.717) is 0 Å². The lowest BCUT2D eigenvalue weighted by Gasteiger charge is -2.37. The fourth-order valence-corrected chi connectivity index (χ4v) is 3.97. The monoisotopic (exact) mass is 317 g/mol. The van der Waals surface area contributed by atoms with Gasteiger partial charge in [-0.2, -0.15) is 0 Å². The number of hydrogen-bond donors (Lipinski definition) is 1. The van der Waals surface area contributed by atoms with E-state index in [1.165, 1.54) is 5.56 Å². The van der Waals surface area contributed by atoms with Gasteiger partial charge in [-0.25, -0.2) is 0 Å². The molecule has 1 N–H and O–H groups in total. The zero-order chi connectivity index (χ0) is 16.3. The molecule has 1 spiro atoms. The first-order valence-corrected chi connectivity index (χ1v) is 8.58. The van der Waals surface area contributed by atoms with E-state index in [0.717, 1.165) is 45.7 Å². The first-order valence-electron chi connectivity index (χ1n) is 8.58. The molecule has 2 aliphatic rings. The maximum absolute atomic E-state index is 12.7. The Hall–Kier alpha value is -1.46. The molecule has 0 bridgehead atoms. The SMILES string of the molecule is CC(C)NC(=O)C1CN(Cc2ccncc2)CC12CCOCC2. The normalized spacial score (nSPS) is 24.2. The summed E-state index contributed by atoms with van der Waals surface area (Å²) in [6.45, 7) is 8.30. The second-order valence-corrected chi connectivity index (χ2v) is 7.22. The molecule has 1 amide bonds. The van der Waals surface area contributed by atoms with Crippen molar-refractivity contribution in [3.05, 3.63) is 30.1 Å². The maximum Gasteiger partial charge on any atom is 0.225 e. The summed E-state index contributed by atoms with van der Waals surface area (Å²) in [6.07, 6.45) is 5.63. The topological polar surface area (TPSA) is 54.5 Å². The van der Waals surface area contributed by atoms with Gasteiger partial charge in [-0.15, -0.1) is 0 Å². The van der Waals surface area contributed by atoms with Crippen LogP contribution in [-0.2, 0) is 16.1 Å². The number of hydrogen-bond acceptors (Lipinski definition) is 4. The smallest absolute Gasteiger partial charge is 0.225 e. The first-order chi connectivity index (χ1) is 11.1. The predicted octanol–water partition coefficient (Wildman–Crippen LogP) is 1.83. The highest BCUT2D eigenvalue weighted by Gasteiger charge is 2.50. The Morgan fingerprint density at radius 1 is 1.39 bits per heavy atom. The fraction of sp³-hybridized carbons (Fsp3) is 0.667. The van der Waals surface area contributed by atoms with Crippen molar-refractivity contribution in [1.29, 1.82) is 0 Å². The Bertz CT molecular complexity index is 526. The van der Waals surface area contributed by atoms with E-state index >= 15 is 0 Å². The number of pyridine rings is 1. The summed E-state index contributed by atoms with van der Waals surface area (Å²) in [5.41, 5.74) is 1.33. The van der Waals surface area contributed by atoms with E-state index in [4.69, 9.17) is 4.74 Å². The molecule has 3 heterocycles. The molecule has 5 nitrogen and oxygen atoms in total. The molecule has 2 fully saturated rings. The van der Waals surface area contributed by atoms with E-state index in [2.05, 4.69) is 27.3 Å². The number of carbonyl (C=O) groups is 1. The van der Waals surface area contributed by atoms with Gasteiger partial charge in [0.25, 0.3) is 0 Å². The minimum absolute atomic E-state index is 0.0654. The summed E-state index contributed by atoms with van der Waals surface area (Å²) in [6, 6.07) is 4.30. The summed E-state index contributed by atoms with van der Waals surface area (Å²) in [7, 11) is 0. The van der Waals surface area contributed by atoms with Gasteiger partial charge < -0.3 is 10.1 Å². The van der Waals surface area contributed by atoms with Crippen LogP contribution in [0.15, 0.2) is 24.5 Å². The third-order valence-corrected chi connectivity index (χ3v) is 5.11. The maximum atomic E-state index is 12.7. The van der Waals surface area contributed by atoms with E-state index in [1.807, 2.05) is 26.2 Å². The van der Waals surface area contributed by atoms with Gasteiger partial charge in [0.15, 0.2) is 0 Å². The Balaban J connectivity index is 1.74. The lowest BCUT2D eigenvalue weighted by molar-refractivity contribution is -0.130. The van der Waals surface area contributed by atoms with Crippen LogP contribution in [-0.4, -0.2) is 48.1 Å². The standard InChI is InChI=1S/C18H27N3O2/c1-14(2)20-17(22)16-12-21(11-15-3-7-19-8-4-15)13-18(16)5-9-23-10-6-18/h3-4,7-8,14,16H,5-6,9-13H2,1-2H3,(H,20,22). The molecule has 1 aromatic heterocycles. The Morgan fingerprint density at radius 2 is 2.09 bits per heavy atom. The lowest BCUT2D eigenvalue weighted by Crippen LogP contribution is -2.46. The summed E-state index contributed by atoms with van der Waals surface area (Å²) in [4.78, 5) is 19.2. The van der Waals surface area contributed by atoms with E-state index in [9.17, 15) is 4.79 Å². The Kier molecular flexibility index (Phi) is 4.97. The third-order valence-electron chi connectivity index (χ3n) is 5.11. The molecule has 2 aliphatic heterocycles. The highest BCUT2D eigenvalue weighted by atomic mass is 16.5. The second kappa shape index (κ2) is 6.97. The fourth-order valence-electron chi connectivity index (χ4n) is 3.97. The van der Waals surface area contributed by atoms with Crippen LogP contribution < -0.4 is 5.32 Å². The van der Waals surface area contributed by atoms with Gasteiger partial charge >= 0.3 is 0 Å². The molecule has 1 atom stereocenters. The van der Waals surface area contributed by atoms with Crippen LogP contribution in [0, 0.1) is 11.3 Å². The third kappa shape index (κ3) is 3.72. The van der Waals surface area contributed by atoms with Crippen molar-refractivity contribution in [2.45, 2.75) is 39.3 Å². The molecular formula is C18H27N3O2. The summed E-state index contributed by atoms with van der Waals surface area (Å²) >= 11 is 0. The van der Waals surface area contributed by atoms with Crippen LogP contribution in [0.3, 0.4) is 0 Å². The lowest BCUT2D eigenvalue weighted by atomic mass is 9.71. The zero-order valence-corrected chi connectivity index (χ0v) is 14.1. The van der Waals surface area contributed by atoms with Crippen molar-refractivity contribution in [2.24, 2.45) is 11.3 Å². The summed E-state index contributed by atoms with van der Waals surface area (Å²) < 4.78 is 5.56.